The van der Waals surface area contributed by atoms with Gasteiger partial charge in [0.1, 0.15) is 0 Å². The van der Waals surface area contributed by atoms with Crippen molar-refractivity contribution in [2.45, 2.75) is 53.4 Å². The fourth-order valence-corrected chi connectivity index (χ4v) is 1.61. The highest BCUT2D eigenvalue weighted by molar-refractivity contribution is 5.40. The Kier molecular flexibility index (Phi) is 13.7. The molecule has 4 heteroatoms. The van der Waals surface area contributed by atoms with Crippen LogP contribution in [0.25, 0.3) is 0 Å². The van der Waals surface area contributed by atoms with Gasteiger partial charge in [-0.15, -0.1) is 0 Å². The van der Waals surface area contributed by atoms with E-state index in [2.05, 4.69) is 36.8 Å². The second-order valence-electron chi connectivity index (χ2n) is 4.60. The van der Waals surface area contributed by atoms with Crippen LogP contribution in [-0.4, -0.2) is 25.1 Å². The van der Waals surface area contributed by atoms with Gasteiger partial charge in [0.05, 0.1) is 12.0 Å². The Bertz CT molecular complexity index is 257. The highest BCUT2D eigenvalue weighted by atomic mass is 14.8. The van der Waals surface area contributed by atoms with Crippen LogP contribution in [0.4, 0.5) is 0 Å². The van der Waals surface area contributed by atoms with E-state index in [0.717, 1.165) is 19.5 Å². The van der Waals surface area contributed by atoms with E-state index >= 15 is 0 Å². The average Bonchev–Trinajstić information content (AvgIpc) is 2.24. The standard InChI is InChI=1S/C12H24N2.CH2N2/c1-5-8-12(3,4)9-7-10-14-11-13-6-2;2-1-3/h5-10H2,1-4H3;2-3H. The van der Waals surface area contributed by atoms with E-state index in [9.17, 15) is 0 Å². The van der Waals surface area contributed by atoms with Crippen LogP contribution in [-0.2, 0) is 0 Å². The number of hydrogen-bond donors (Lipinski definition) is 2. The first-order chi connectivity index (χ1) is 8.04. The third-order valence-corrected chi connectivity index (χ3v) is 2.35. The smallest absolute Gasteiger partial charge is 0.0892 e. The number of aliphatic imine (C=N–C) groups is 2. The molecule has 0 aromatic heterocycles. The van der Waals surface area contributed by atoms with Crippen molar-refractivity contribution in [2.75, 3.05) is 13.1 Å². The van der Waals surface area contributed by atoms with Gasteiger partial charge in [0.2, 0.25) is 0 Å². The molecule has 17 heavy (non-hydrogen) atoms. The van der Waals surface area contributed by atoms with Crippen LogP contribution < -0.4 is 0 Å². The maximum atomic E-state index is 5.62. The first kappa shape index (κ1) is 18.1. The van der Waals surface area contributed by atoms with Gasteiger partial charge in [0.15, 0.2) is 0 Å². The van der Waals surface area contributed by atoms with Crippen LogP contribution in [0, 0.1) is 16.2 Å². The first-order valence-corrected chi connectivity index (χ1v) is 6.20. The van der Waals surface area contributed by atoms with Crippen molar-refractivity contribution >= 4 is 12.0 Å². The molecule has 0 saturated heterocycles. The zero-order chi connectivity index (χ0) is 13.6. The summed E-state index contributed by atoms with van der Waals surface area (Å²) in [6.07, 6.45) is 4.98. The molecule has 0 aliphatic rings. The normalized spacial score (nSPS) is 9.41. The molecule has 0 rings (SSSR count). The summed E-state index contributed by atoms with van der Waals surface area (Å²) < 4.78 is 0. The molecule has 0 unspecified atom stereocenters. The summed E-state index contributed by atoms with van der Waals surface area (Å²) >= 11 is 0. The number of nitrogens with zero attached hydrogens (tertiary/aromatic N) is 2. The average molecular weight is 238 g/mol. The predicted octanol–water partition coefficient (Wildman–Crippen LogP) is 4.10. The Morgan fingerprint density at radius 2 is 1.65 bits per heavy atom. The van der Waals surface area contributed by atoms with Crippen molar-refractivity contribution in [1.29, 1.82) is 10.8 Å². The molecule has 0 aliphatic carbocycles. The highest BCUT2D eigenvalue weighted by Gasteiger charge is 2.15. The Balaban J connectivity index is 0. The van der Waals surface area contributed by atoms with Gasteiger partial charge in [-0.25, -0.2) is 20.8 Å². The summed E-state index contributed by atoms with van der Waals surface area (Å²) in [5.74, 6) is 0. The number of rotatable bonds is 7. The molecule has 0 heterocycles. The van der Waals surface area contributed by atoms with Crippen LogP contribution in [0.15, 0.2) is 9.98 Å². The first-order valence-electron chi connectivity index (χ1n) is 6.20. The van der Waals surface area contributed by atoms with Gasteiger partial charge < -0.3 is 0 Å². The summed E-state index contributed by atoms with van der Waals surface area (Å²) in [5.41, 5.74) is 0.478. The van der Waals surface area contributed by atoms with Crippen LogP contribution in [0.5, 0.6) is 0 Å². The van der Waals surface area contributed by atoms with E-state index in [1.165, 1.54) is 25.3 Å². The van der Waals surface area contributed by atoms with Crippen molar-refractivity contribution in [3.8, 4) is 0 Å². The molecule has 0 atom stereocenters. The third-order valence-electron chi connectivity index (χ3n) is 2.35. The van der Waals surface area contributed by atoms with Gasteiger partial charge in [0.25, 0.3) is 0 Å². The van der Waals surface area contributed by atoms with Gasteiger partial charge in [-0.3, -0.25) is 0 Å². The molecule has 0 radical (unpaired) electrons. The number of nitrogens with one attached hydrogen (secondary N) is 2. The lowest BCUT2D eigenvalue weighted by Gasteiger charge is -2.23. The molecular formula is C13H26N4. The van der Waals surface area contributed by atoms with E-state index in [1.54, 1.807) is 0 Å². The summed E-state index contributed by atoms with van der Waals surface area (Å²) in [7, 11) is 0. The second kappa shape index (κ2) is 12.8. The quantitative estimate of drug-likeness (QED) is 0.495. The zero-order valence-corrected chi connectivity index (χ0v) is 11.6. The maximum absolute atomic E-state index is 5.62. The number of hydrogen-bond acceptors (Lipinski definition) is 4. The van der Waals surface area contributed by atoms with Gasteiger partial charge in [-0.1, -0.05) is 27.2 Å². The van der Waals surface area contributed by atoms with Crippen LogP contribution in [0.3, 0.4) is 0 Å². The fraction of sp³-hybridized carbons (Fsp3) is 0.846. The topological polar surface area (TPSA) is 72.4 Å². The minimum absolute atomic E-state index is 0.478. The highest BCUT2D eigenvalue weighted by Crippen LogP contribution is 2.27. The molecule has 0 aromatic carbocycles. The van der Waals surface area contributed by atoms with E-state index in [4.69, 9.17) is 10.8 Å². The van der Waals surface area contributed by atoms with Crippen LogP contribution >= 0.6 is 0 Å². The van der Waals surface area contributed by atoms with Crippen LogP contribution in [0.2, 0.25) is 0 Å². The zero-order valence-electron chi connectivity index (χ0n) is 11.6. The van der Waals surface area contributed by atoms with Crippen molar-refractivity contribution < 1.29 is 0 Å². The molecule has 0 aromatic rings. The predicted molar refractivity (Wildman–Crippen MR) is 73.6 cm³/mol. The summed E-state index contributed by atoms with van der Waals surface area (Å²) in [6.45, 7) is 10.6. The van der Waals surface area contributed by atoms with Gasteiger partial charge in [-0.05, 0) is 31.6 Å². The Morgan fingerprint density at radius 1 is 1.06 bits per heavy atom. The van der Waals surface area contributed by atoms with E-state index in [1.807, 2.05) is 6.92 Å². The van der Waals surface area contributed by atoms with E-state index in [-0.39, 0.29) is 0 Å². The van der Waals surface area contributed by atoms with Gasteiger partial charge in [0, 0.05) is 13.1 Å². The van der Waals surface area contributed by atoms with Crippen molar-refractivity contribution in [1.82, 2.24) is 0 Å². The molecule has 2 N–H and O–H groups in total. The van der Waals surface area contributed by atoms with E-state index in [0.29, 0.717) is 5.41 Å². The second-order valence-corrected chi connectivity index (χ2v) is 4.60. The van der Waals surface area contributed by atoms with Gasteiger partial charge in [-0.2, -0.15) is 0 Å². The molecule has 4 nitrogen and oxygen atoms in total. The Morgan fingerprint density at radius 3 is 2.12 bits per heavy atom. The molecule has 0 bridgehead atoms. The van der Waals surface area contributed by atoms with Crippen molar-refractivity contribution in [3.05, 3.63) is 0 Å². The minimum atomic E-state index is 0.478. The summed E-state index contributed by atoms with van der Waals surface area (Å²) in [5, 5.41) is 11.2. The molecule has 0 spiro atoms. The summed E-state index contributed by atoms with van der Waals surface area (Å²) in [6, 6.07) is 3.95. The third kappa shape index (κ3) is 17.4. The molecular weight excluding hydrogens is 212 g/mol. The monoisotopic (exact) mass is 238 g/mol. The Hall–Kier alpha value is -1.24. The molecule has 0 saturated carbocycles. The molecule has 0 aliphatic heterocycles. The molecule has 0 fully saturated rings. The van der Waals surface area contributed by atoms with Gasteiger partial charge >= 0.3 is 0 Å². The maximum Gasteiger partial charge on any atom is 0.0892 e. The summed E-state index contributed by atoms with van der Waals surface area (Å²) in [4.78, 5) is 8.03. The molecule has 0 amide bonds. The van der Waals surface area contributed by atoms with Crippen molar-refractivity contribution in [2.24, 2.45) is 15.4 Å². The largest absolute Gasteiger partial charge is 0.242 e. The minimum Gasteiger partial charge on any atom is -0.242 e. The lowest BCUT2D eigenvalue weighted by molar-refractivity contribution is 0.298. The molecule has 98 valence electrons. The lowest BCUT2D eigenvalue weighted by Crippen LogP contribution is -2.10. The van der Waals surface area contributed by atoms with Crippen molar-refractivity contribution in [3.63, 3.8) is 0 Å². The lowest BCUT2D eigenvalue weighted by atomic mass is 9.83. The fourth-order valence-electron chi connectivity index (χ4n) is 1.61. The van der Waals surface area contributed by atoms with E-state index < -0.39 is 0 Å². The SMILES string of the molecule is CCCC(C)(C)CCCN=C=NCC.N=C=N. The van der Waals surface area contributed by atoms with Crippen LogP contribution in [0.1, 0.15) is 53.4 Å². The Labute approximate surface area is 105 Å².